The smallest absolute Gasteiger partial charge is 0.333 e. The van der Waals surface area contributed by atoms with E-state index in [1.165, 1.54) is 157 Å². The standard InChI is InChI=1S/C32H64NO2.C24H20B/c1-7-9-11-13-15-17-18-20-22-24-26-31(25-23-21-19-16-14-12-10-8-2)29-33(5,6)27-28-35-32(34)30(3)4;1-5-13-21(14-6-1)25(22-15-7-2-8-16-22,23-17-9-3-10-18-23)24-19-11-4-12-20-24/h31H,3,7-29H2,1-2,4-6H3;1-20H/q+1;-1. The minimum absolute atomic E-state index is 0.258. The van der Waals surface area contributed by atoms with Crippen LogP contribution in [-0.2, 0) is 9.53 Å². The summed E-state index contributed by atoms with van der Waals surface area (Å²) in [6.07, 6.45) is 26.7. The van der Waals surface area contributed by atoms with Gasteiger partial charge in [-0.3, -0.25) is 0 Å². The molecule has 328 valence electrons. The van der Waals surface area contributed by atoms with Gasteiger partial charge in [-0.25, -0.2) is 4.79 Å². The van der Waals surface area contributed by atoms with Crippen molar-refractivity contribution >= 4 is 34.0 Å². The molecule has 0 bridgehead atoms. The van der Waals surface area contributed by atoms with Gasteiger partial charge in [-0.15, -0.1) is 0 Å². The van der Waals surface area contributed by atoms with E-state index in [-0.39, 0.29) is 5.97 Å². The summed E-state index contributed by atoms with van der Waals surface area (Å²) >= 11 is 0. The first kappa shape index (κ1) is 50.5. The van der Waals surface area contributed by atoms with Crippen LogP contribution in [0.15, 0.2) is 133 Å². The number of esters is 1. The van der Waals surface area contributed by atoms with Crippen LogP contribution in [0, 0.1) is 5.92 Å². The van der Waals surface area contributed by atoms with Crippen molar-refractivity contribution in [2.45, 2.75) is 149 Å². The van der Waals surface area contributed by atoms with Gasteiger partial charge in [0, 0.05) is 11.5 Å². The van der Waals surface area contributed by atoms with Gasteiger partial charge in [0.05, 0.1) is 20.6 Å². The Labute approximate surface area is 369 Å². The second-order valence-corrected chi connectivity index (χ2v) is 18.4. The molecule has 0 aliphatic carbocycles. The van der Waals surface area contributed by atoms with E-state index in [4.69, 9.17) is 4.74 Å². The van der Waals surface area contributed by atoms with Crippen LogP contribution in [-0.4, -0.2) is 50.4 Å². The number of hydrogen-bond acceptors (Lipinski definition) is 2. The molecule has 0 fully saturated rings. The molecule has 4 aromatic rings. The first-order valence-corrected chi connectivity index (χ1v) is 24.3. The number of rotatable bonds is 30. The van der Waals surface area contributed by atoms with Crippen LogP contribution >= 0.6 is 0 Å². The number of carbonyl (C=O) groups excluding carboxylic acids is 1. The third-order valence-electron chi connectivity index (χ3n) is 12.7. The third kappa shape index (κ3) is 18.8. The highest BCUT2D eigenvalue weighted by Crippen LogP contribution is 2.22. The topological polar surface area (TPSA) is 26.3 Å². The minimum atomic E-state index is -1.22. The van der Waals surface area contributed by atoms with E-state index in [1.807, 2.05) is 0 Å². The van der Waals surface area contributed by atoms with Gasteiger partial charge in [-0.05, 0) is 19.8 Å². The summed E-state index contributed by atoms with van der Waals surface area (Å²) in [5, 5.41) is 0. The molecule has 4 heteroatoms. The lowest BCUT2D eigenvalue weighted by Crippen LogP contribution is -2.74. The largest absolute Gasteiger partial charge is 0.456 e. The van der Waals surface area contributed by atoms with Crippen LogP contribution in [0.4, 0.5) is 0 Å². The maximum atomic E-state index is 11.7. The van der Waals surface area contributed by atoms with Crippen molar-refractivity contribution in [1.82, 2.24) is 0 Å². The lowest BCUT2D eigenvalue weighted by atomic mass is 9.13. The molecule has 4 aromatic carbocycles. The van der Waals surface area contributed by atoms with Crippen molar-refractivity contribution < 1.29 is 14.0 Å². The number of nitrogens with zero attached hydrogens (tertiary/aromatic N) is 1. The van der Waals surface area contributed by atoms with Crippen LogP contribution in [0.2, 0.25) is 0 Å². The number of likely N-dealkylation sites (N-methyl/N-ethyl adjacent to an activating group) is 1. The fourth-order valence-corrected chi connectivity index (χ4v) is 9.23. The molecule has 0 radical (unpaired) electrons. The summed E-state index contributed by atoms with van der Waals surface area (Å²) in [6.45, 7) is 12.5. The van der Waals surface area contributed by atoms with E-state index in [1.54, 1.807) is 6.92 Å². The van der Waals surface area contributed by atoms with Crippen molar-refractivity contribution in [3.05, 3.63) is 133 Å². The zero-order valence-electron chi connectivity index (χ0n) is 38.9. The Morgan fingerprint density at radius 3 is 1.12 bits per heavy atom. The summed E-state index contributed by atoms with van der Waals surface area (Å²) in [5.74, 6) is 0.529. The Balaban J connectivity index is 0.000000335. The van der Waals surface area contributed by atoms with Gasteiger partial charge in [-0.2, -0.15) is 21.9 Å². The molecule has 0 N–H and O–H groups in total. The Bertz CT molecular complexity index is 1490. The first-order valence-electron chi connectivity index (χ1n) is 24.3. The van der Waals surface area contributed by atoms with Gasteiger partial charge in [0.2, 0.25) is 0 Å². The molecule has 4 rings (SSSR count). The van der Waals surface area contributed by atoms with Gasteiger partial charge < -0.3 is 9.22 Å². The summed E-state index contributed by atoms with van der Waals surface area (Å²) < 4.78 is 6.32. The SMILES string of the molecule is C=C(C)C(=O)OCC[N+](C)(C)CC(CCCCCCCCCC)CCCCCCCCCCCC.c1ccc([B-](c2ccccc2)(c2ccccc2)c2ccccc2)cc1. The molecular formula is C56H84BNO2. The molecule has 0 saturated carbocycles. The molecule has 0 spiro atoms. The Kier molecular flexibility index (Phi) is 25.4. The quantitative estimate of drug-likeness (QED) is 0.0172. The minimum Gasteiger partial charge on any atom is -0.456 e. The Morgan fingerprint density at radius 2 is 0.817 bits per heavy atom. The highest BCUT2D eigenvalue weighted by Gasteiger charge is 2.31. The van der Waals surface area contributed by atoms with Crippen LogP contribution in [0.1, 0.15) is 149 Å². The van der Waals surface area contributed by atoms with Gasteiger partial charge in [0.25, 0.3) is 0 Å². The zero-order valence-corrected chi connectivity index (χ0v) is 38.9. The van der Waals surface area contributed by atoms with Gasteiger partial charge in [0.15, 0.2) is 0 Å². The highest BCUT2D eigenvalue weighted by molar-refractivity contribution is 7.19. The second-order valence-electron chi connectivity index (χ2n) is 18.4. The summed E-state index contributed by atoms with van der Waals surface area (Å²) in [7, 11) is 4.60. The van der Waals surface area contributed by atoms with Crippen molar-refractivity contribution in [3.8, 4) is 0 Å². The Morgan fingerprint density at radius 1 is 0.517 bits per heavy atom. The highest BCUT2D eigenvalue weighted by atomic mass is 16.5. The van der Waals surface area contributed by atoms with Crippen LogP contribution < -0.4 is 21.9 Å². The maximum Gasteiger partial charge on any atom is 0.333 e. The monoisotopic (exact) mass is 814 g/mol. The average Bonchev–Trinajstić information content (AvgIpc) is 3.27. The molecule has 0 amide bonds. The molecule has 0 heterocycles. The van der Waals surface area contributed by atoms with Gasteiger partial charge in [-0.1, -0.05) is 257 Å². The molecule has 1 unspecified atom stereocenters. The van der Waals surface area contributed by atoms with E-state index < -0.39 is 6.15 Å². The van der Waals surface area contributed by atoms with Crippen molar-refractivity contribution in [2.75, 3.05) is 33.8 Å². The van der Waals surface area contributed by atoms with Gasteiger partial charge in [0.1, 0.15) is 19.3 Å². The van der Waals surface area contributed by atoms with E-state index in [0.29, 0.717) is 12.2 Å². The fourth-order valence-electron chi connectivity index (χ4n) is 9.23. The van der Waals surface area contributed by atoms with Crippen molar-refractivity contribution in [2.24, 2.45) is 5.92 Å². The maximum absolute atomic E-state index is 11.7. The molecule has 0 aromatic heterocycles. The number of carbonyl (C=O) groups is 1. The van der Waals surface area contributed by atoms with Gasteiger partial charge >= 0.3 is 5.97 Å². The predicted octanol–water partition coefficient (Wildman–Crippen LogP) is 12.7. The lowest BCUT2D eigenvalue weighted by Gasteiger charge is -2.44. The molecule has 0 saturated heterocycles. The molecule has 60 heavy (non-hydrogen) atoms. The summed E-state index contributed by atoms with van der Waals surface area (Å²) in [6, 6.07) is 43.5. The zero-order chi connectivity index (χ0) is 43.2. The molecule has 0 aliphatic heterocycles. The number of unbranched alkanes of at least 4 members (excludes halogenated alkanes) is 16. The second kappa shape index (κ2) is 30.2. The normalized spacial score (nSPS) is 12.0. The van der Waals surface area contributed by atoms with E-state index in [9.17, 15) is 4.79 Å². The molecule has 3 nitrogen and oxygen atoms in total. The van der Waals surface area contributed by atoms with E-state index >= 15 is 0 Å². The number of benzene rings is 4. The lowest BCUT2D eigenvalue weighted by molar-refractivity contribution is -0.894. The van der Waals surface area contributed by atoms with E-state index in [0.717, 1.165) is 16.9 Å². The van der Waals surface area contributed by atoms with Crippen LogP contribution in [0.25, 0.3) is 0 Å². The third-order valence-corrected chi connectivity index (χ3v) is 12.7. The van der Waals surface area contributed by atoms with Crippen LogP contribution in [0.3, 0.4) is 0 Å². The number of ether oxygens (including phenoxy) is 1. The van der Waals surface area contributed by atoms with Crippen molar-refractivity contribution in [1.29, 1.82) is 0 Å². The Hall–Kier alpha value is -3.89. The van der Waals surface area contributed by atoms with E-state index in [2.05, 4.69) is 156 Å². The summed E-state index contributed by atoms with van der Waals surface area (Å²) in [4.78, 5) is 11.7. The molecule has 0 aliphatic rings. The number of quaternary nitrogens is 1. The first-order chi connectivity index (χ1) is 29.2. The van der Waals surface area contributed by atoms with Crippen molar-refractivity contribution in [3.63, 3.8) is 0 Å². The summed E-state index contributed by atoms with van der Waals surface area (Å²) in [5.41, 5.74) is 5.85. The molecular weight excluding hydrogens is 729 g/mol. The van der Waals surface area contributed by atoms with Crippen LogP contribution in [0.5, 0.6) is 0 Å². The number of hydrogen-bond donors (Lipinski definition) is 0. The average molecular weight is 814 g/mol. The predicted molar refractivity (Wildman–Crippen MR) is 265 cm³/mol. The molecule has 1 atom stereocenters. The fraction of sp³-hybridized carbons (Fsp3) is 0.518.